The van der Waals surface area contributed by atoms with Crippen molar-refractivity contribution >= 4 is 35.0 Å². The second kappa shape index (κ2) is 5.60. The van der Waals surface area contributed by atoms with E-state index in [0.29, 0.717) is 17.0 Å². The molecule has 0 spiro atoms. The standard InChI is InChI=1S/C11H15ClN4S/c1-3-9(7-17-2)13-11-14-10-5-4-8(12)6-16(10)15-11/h4-6,9H,3,7H2,1-2H3,(H,13,15). The summed E-state index contributed by atoms with van der Waals surface area (Å²) in [6.45, 7) is 2.15. The minimum atomic E-state index is 0.401. The molecule has 0 fully saturated rings. The molecule has 2 aromatic heterocycles. The van der Waals surface area contributed by atoms with Gasteiger partial charge in [-0.05, 0) is 24.8 Å². The lowest BCUT2D eigenvalue weighted by molar-refractivity contribution is 0.762. The SMILES string of the molecule is CCC(CSC)Nc1nc2ccc(Cl)cn2n1. The molecule has 0 radical (unpaired) electrons. The van der Waals surface area contributed by atoms with Crippen molar-refractivity contribution in [2.45, 2.75) is 19.4 Å². The van der Waals surface area contributed by atoms with Gasteiger partial charge in [0.25, 0.3) is 0 Å². The van der Waals surface area contributed by atoms with E-state index in [2.05, 4.69) is 28.6 Å². The van der Waals surface area contributed by atoms with Crippen LogP contribution in [0.5, 0.6) is 0 Å². The Morgan fingerprint density at radius 2 is 2.35 bits per heavy atom. The number of halogens is 1. The van der Waals surface area contributed by atoms with Gasteiger partial charge in [-0.25, -0.2) is 4.52 Å². The van der Waals surface area contributed by atoms with E-state index in [9.17, 15) is 0 Å². The second-order valence-electron chi connectivity index (χ2n) is 3.79. The van der Waals surface area contributed by atoms with Gasteiger partial charge in [0.05, 0.1) is 5.02 Å². The number of anilines is 1. The summed E-state index contributed by atoms with van der Waals surface area (Å²) >= 11 is 7.72. The number of aromatic nitrogens is 3. The largest absolute Gasteiger partial charge is 0.349 e. The van der Waals surface area contributed by atoms with Crippen molar-refractivity contribution in [1.29, 1.82) is 0 Å². The quantitative estimate of drug-likeness (QED) is 0.907. The molecular weight excluding hydrogens is 256 g/mol. The zero-order valence-electron chi connectivity index (χ0n) is 9.85. The van der Waals surface area contributed by atoms with E-state index in [1.807, 2.05) is 23.9 Å². The first-order chi connectivity index (χ1) is 8.22. The van der Waals surface area contributed by atoms with Crippen LogP contribution in [0.15, 0.2) is 18.3 Å². The maximum atomic E-state index is 5.90. The molecule has 2 aromatic rings. The van der Waals surface area contributed by atoms with E-state index in [0.717, 1.165) is 17.8 Å². The summed E-state index contributed by atoms with van der Waals surface area (Å²) in [5, 5.41) is 8.33. The van der Waals surface area contributed by atoms with Crippen LogP contribution < -0.4 is 5.32 Å². The molecule has 1 N–H and O–H groups in total. The van der Waals surface area contributed by atoms with Crippen LogP contribution in [0.4, 0.5) is 5.95 Å². The number of hydrogen-bond donors (Lipinski definition) is 1. The predicted molar refractivity (Wildman–Crippen MR) is 74.1 cm³/mol. The highest BCUT2D eigenvalue weighted by atomic mass is 35.5. The van der Waals surface area contributed by atoms with Gasteiger partial charge in [-0.1, -0.05) is 18.5 Å². The number of nitrogens with one attached hydrogen (secondary N) is 1. The molecule has 4 nitrogen and oxygen atoms in total. The fourth-order valence-corrected chi connectivity index (χ4v) is 2.44. The minimum absolute atomic E-state index is 0.401. The maximum Gasteiger partial charge on any atom is 0.243 e. The molecule has 2 rings (SSSR count). The van der Waals surface area contributed by atoms with Gasteiger partial charge in [-0.3, -0.25) is 0 Å². The van der Waals surface area contributed by atoms with Gasteiger partial charge in [0, 0.05) is 18.0 Å². The Labute approximate surface area is 110 Å². The predicted octanol–water partition coefficient (Wildman–Crippen LogP) is 2.94. The number of nitrogens with zero attached hydrogens (tertiary/aromatic N) is 3. The van der Waals surface area contributed by atoms with E-state index in [1.54, 1.807) is 10.7 Å². The highest BCUT2D eigenvalue weighted by molar-refractivity contribution is 7.98. The van der Waals surface area contributed by atoms with Crippen molar-refractivity contribution in [1.82, 2.24) is 14.6 Å². The van der Waals surface area contributed by atoms with Gasteiger partial charge in [-0.2, -0.15) is 16.7 Å². The van der Waals surface area contributed by atoms with Crippen LogP contribution in [0.2, 0.25) is 5.02 Å². The van der Waals surface area contributed by atoms with E-state index in [1.165, 1.54) is 0 Å². The topological polar surface area (TPSA) is 42.2 Å². The fourth-order valence-electron chi connectivity index (χ4n) is 1.56. The number of pyridine rings is 1. The summed E-state index contributed by atoms with van der Waals surface area (Å²) in [4.78, 5) is 4.40. The summed E-state index contributed by atoms with van der Waals surface area (Å²) in [5.74, 6) is 1.71. The first kappa shape index (κ1) is 12.5. The van der Waals surface area contributed by atoms with Crippen molar-refractivity contribution in [2.75, 3.05) is 17.3 Å². The van der Waals surface area contributed by atoms with Crippen molar-refractivity contribution in [3.8, 4) is 0 Å². The Bertz CT molecular complexity index is 499. The highest BCUT2D eigenvalue weighted by Gasteiger charge is 2.09. The molecule has 0 aliphatic heterocycles. The first-order valence-corrected chi connectivity index (χ1v) is 7.27. The fraction of sp³-hybridized carbons (Fsp3) is 0.455. The lowest BCUT2D eigenvalue weighted by Gasteiger charge is -2.13. The first-order valence-electron chi connectivity index (χ1n) is 5.50. The maximum absolute atomic E-state index is 5.90. The van der Waals surface area contributed by atoms with Crippen LogP contribution in [0.25, 0.3) is 5.65 Å². The van der Waals surface area contributed by atoms with Crippen molar-refractivity contribution in [3.05, 3.63) is 23.4 Å². The van der Waals surface area contributed by atoms with Crippen molar-refractivity contribution < 1.29 is 0 Å². The van der Waals surface area contributed by atoms with Crippen LogP contribution in [-0.4, -0.2) is 32.6 Å². The van der Waals surface area contributed by atoms with Gasteiger partial charge in [0.2, 0.25) is 5.95 Å². The molecule has 6 heteroatoms. The van der Waals surface area contributed by atoms with Gasteiger partial charge in [-0.15, -0.1) is 5.10 Å². The van der Waals surface area contributed by atoms with E-state index >= 15 is 0 Å². The molecule has 0 aliphatic carbocycles. The number of thioether (sulfide) groups is 1. The number of hydrogen-bond acceptors (Lipinski definition) is 4. The Kier molecular flexibility index (Phi) is 4.12. The molecular formula is C11H15ClN4S. The average Bonchev–Trinajstić information content (AvgIpc) is 2.69. The molecule has 2 heterocycles. The van der Waals surface area contributed by atoms with E-state index in [-0.39, 0.29) is 0 Å². The number of rotatable bonds is 5. The highest BCUT2D eigenvalue weighted by Crippen LogP contribution is 2.13. The van der Waals surface area contributed by atoms with Gasteiger partial charge in [0.1, 0.15) is 0 Å². The van der Waals surface area contributed by atoms with Gasteiger partial charge < -0.3 is 5.32 Å². The minimum Gasteiger partial charge on any atom is -0.349 e. The number of fused-ring (bicyclic) bond motifs is 1. The van der Waals surface area contributed by atoms with Gasteiger partial charge >= 0.3 is 0 Å². The molecule has 1 atom stereocenters. The molecule has 0 bridgehead atoms. The van der Waals surface area contributed by atoms with Crippen LogP contribution >= 0.6 is 23.4 Å². The molecule has 0 aliphatic rings. The third-order valence-electron chi connectivity index (χ3n) is 2.49. The molecule has 0 aromatic carbocycles. The summed E-state index contributed by atoms with van der Waals surface area (Å²) in [7, 11) is 0. The molecule has 92 valence electrons. The van der Waals surface area contributed by atoms with Gasteiger partial charge in [0.15, 0.2) is 5.65 Å². The van der Waals surface area contributed by atoms with Crippen LogP contribution in [0.3, 0.4) is 0 Å². The van der Waals surface area contributed by atoms with Crippen LogP contribution in [0, 0.1) is 0 Å². The molecule has 0 amide bonds. The third-order valence-corrected chi connectivity index (χ3v) is 3.45. The van der Waals surface area contributed by atoms with Crippen molar-refractivity contribution in [2.24, 2.45) is 0 Å². The lowest BCUT2D eigenvalue weighted by Crippen LogP contribution is -2.21. The Morgan fingerprint density at radius 3 is 3.06 bits per heavy atom. The summed E-state index contributed by atoms with van der Waals surface area (Å²) in [6, 6.07) is 4.07. The normalized spacial score (nSPS) is 12.9. The molecule has 0 saturated carbocycles. The van der Waals surface area contributed by atoms with Crippen LogP contribution in [0.1, 0.15) is 13.3 Å². The summed E-state index contributed by atoms with van der Waals surface area (Å²) in [6.07, 6.45) is 4.91. The average molecular weight is 271 g/mol. The molecule has 1 unspecified atom stereocenters. The lowest BCUT2D eigenvalue weighted by atomic mass is 10.3. The van der Waals surface area contributed by atoms with Crippen molar-refractivity contribution in [3.63, 3.8) is 0 Å². The second-order valence-corrected chi connectivity index (χ2v) is 5.14. The van der Waals surface area contributed by atoms with E-state index < -0.39 is 0 Å². The zero-order valence-corrected chi connectivity index (χ0v) is 11.4. The summed E-state index contributed by atoms with van der Waals surface area (Å²) in [5.41, 5.74) is 0.802. The smallest absolute Gasteiger partial charge is 0.243 e. The Hall–Kier alpha value is -0.940. The Balaban J connectivity index is 2.18. The summed E-state index contributed by atoms with van der Waals surface area (Å²) < 4.78 is 1.69. The van der Waals surface area contributed by atoms with E-state index in [4.69, 9.17) is 11.6 Å². The molecule has 17 heavy (non-hydrogen) atoms. The third kappa shape index (κ3) is 3.04. The monoisotopic (exact) mass is 270 g/mol. The Morgan fingerprint density at radius 1 is 1.53 bits per heavy atom. The van der Waals surface area contributed by atoms with Crippen LogP contribution in [-0.2, 0) is 0 Å². The molecule has 0 saturated heterocycles. The zero-order chi connectivity index (χ0) is 12.3.